The molecule has 0 spiro atoms. The summed E-state index contributed by atoms with van der Waals surface area (Å²) in [4.78, 5) is 15.8. The molecule has 0 saturated heterocycles. The van der Waals surface area contributed by atoms with Crippen molar-refractivity contribution in [3.05, 3.63) is 59.8 Å². The normalized spacial score (nSPS) is 12.1. The van der Waals surface area contributed by atoms with Gasteiger partial charge in [-0.15, -0.1) is 0 Å². The highest BCUT2D eigenvalue weighted by Gasteiger charge is 2.17. The molecule has 0 aliphatic rings. The van der Waals surface area contributed by atoms with E-state index in [9.17, 15) is 9.90 Å². The van der Waals surface area contributed by atoms with Crippen molar-refractivity contribution in [2.45, 2.75) is 12.5 Å². The molecule has 1 unspecified atom stereocenters. The minimum atomic E-state index is -1.10. The van der Waals surface area contributed by atoms with Gasteiger partial charge in [0.05, 0.1) is 0 Å². The van der Waals surface area contributed by atoms with E-state index in [-0.39, 0.29) is 12.2 Å². The van der Waals surface area contributed by atoms with Crippen LogP contribution in [0.25, 0.3) is 0 Å². The average molecular weight is 242 g/mol. The molecule has 1 heterocycles. The second-order valence-electron chi connectivity index (χ2n) is 4.05. The Balaban J connectivity index is 2.09. The van der Waals surface area contributed by atoms with E-state index >= 15 is 0 Å². The number of aromatic nitrogens is 1. The van der Waals surface area contributed by atoms with E-state index in [0.717, 1.165) is 5.56 Å². The van der Waals surface area contributed by atoms with Crippen LogP contribution in [0.5, 0.6) is 0 Å². The first-order valence-corrected chi connectivity index (χ1v) is 5.63. The van der Waals surface area contributed by atoms with Gasteiger partial charge in [0.15, 0.2) is 5.78 Å². The van der Waals surface area contributed by atoms with Gasteiger partial charge in [0.2, 0.25) is 0 Å². The lowest BCUT2D eigenvalue weighted by atomic mass is 10.0. The number of carbonyl (C=O) groups excluding carboxylic acids is 1. The molecule has 0 radical (unpaired) electrons. The summed E-state index contributed by atoms with van der Waals surface area (Å²) in [5.41, 5.74) is 6.89. The third-order valence-electron chi connectivity index (χ3n) is 2.64. The number of carbonyl (C=O) groups is 1. The van der Waals surface area contributed by atoms with Gasteiger partial charge >= 0.3 is 0 Å². The number of nitrogen functional groups attached to an aromatic ring is 1. The molecule has 0 bridgehead atoms. The van der Waals surface area contributed by atoms with Gasteiger partial charge in [0.1, 0.15) is 11.9 Å². The number of hydrogen-bond acceptors (Lipinski definition) is 4. The molecule has 0 aliphatic carbocycles. The molecule has 2 rings (SSSR count). The van der Waals surface area contributed by atoms with Crippen LogP contribution in [0.2, 0.25) is 0 Å². The number of hydrogen-bond donors (Lipinski definition) is 2. The maximum atomic E-state index is 11.9. The zero-order chi connectivity index (χ0) is 13.0. The van der Waals surface area contributed by atoms with Crippen LogP contribution in [-0.4, -0.2) is 15.9 Å². The summed E-state index contributed by atoms with van der Waals surface area (Å²) in [5.74, 6) is 0.112. The Kier molecular flexibility index (Phi) is 3.69. The Bertz CT molecular complexity index is 541. The van der Waals surface area contributed by atoms with Gasteiger partial charge < -0.3 is 10.8 Å². The van der Waals surface area contributed by atoms with Crippen molar-refractivity contribution in [2.24, 2.45) is 0 Å². The highest BCUT2D eigenvalue weighted by molar-refractivity contribution is 5.86. The van der Waals surface area contributed by atoms with Crippen LogP contribution in [0.1, 0.15) is 17.2 Å². The Morgan fingerprint density at radius 1 is 1.28 bits per heavy atom. The highest BCUT2D eigenvalue weighted by Crippen LogP contribution is 2.16. The Morgan fingerprint density at radius 3 is 2.67 bits per heavy atom. The molecule has 0 fully saturated rings. The number of anilines is 1. The monoisotopic (exact) mass is 242 g/mol. The van der Waals surface area contributed by atoms with Gasteiger partial charge in [-0.25, -0.2) is 4.98 Å². The minimum Gasteiger partial charge on any atom is -0.384 e. The molecule has 1 atom stereocenters. The first-order chi connectivity index (χ1) is 8.66. The van der Waals surface area contributed by atoms with E-state index in [1.165, 1.54) is 0 Å². The quantitative estimate of drug-likeness (QED) is 0.852. The average Bonchev–Trinajstić information content (AvgIpc) is 2.39. The fourth-order valence-electron chi connectivity index (χ4n) is 1.72. The fourth-order valence-corrected chi connectivity index (χ4v) is 1.72. The smallest absolute Gasteiger partial charge is 0.170 e. The van der Waals surface area contributed by atoms with Crippen molar-refractivity contribution in [3.63, 3.8) is 0 Å². The predicted molar refractivity (Wildman–Crippen MR) is 68.8 cm³/mol. The molecule has 1 aromatic heterocycles. The topological polar surface area (TPSA) is 76.2 Å². The standard InChI is InChI=1S/C14H14N2O2/c15-13-9-10(6-7-16-13)8-12(17)14(18)11-4-2-1-3-5-11/h1-7,9,14,18H,8H2,(H2,15,16). The number of pyridine rings is 1. The zero-order valence-electron chi connectivity index (χ0n) is 9.78. The molecule has 0 saturated carbocycles. The van der Waals surface area contributed by atoms with Crippen molar-refractivity contribution in [3.8, 4) is 0 Å². The second-order valence-corrected chi connectivity index (χ2v) is 4.05. The first-order valence-electron chi connectivity index (χ1n) is 5.63. The number of aliphatic hydroxyl groups is 1. The largest absolute Gasteiger partial charge is 0.384 e. The number of rotatable bonds is 4. The molecular weight excluding hydrogens is 228 g/mol. The van der Waals surface area contributed by atoms with E-state index in [4.69, 9.17) is 5.73 Å². The summed E-state index contributed by atoms with van der Waals surface area (Å²) in [6, 6.07) is 12.2. The summed E-state index contributed by atoms with van der Waals surface area (Å²) >= 11 is 0. The Labute approximate surface area is 105 Å². The first kappa shape index (κ1) is 12.3. The number of Topliss-reactive ketones (excluding diaryl/α,β-unsaturated/α-hetero) is 1. The van der Waals surface area contributed by atoms with Crippen molar-refractivity contribution in [2.75, 3.05) is 5.73 Å². The van der Waals surface area contributed by atoms with Crippen LogP contribution in [0.4, 0.5) is 5.82 Å². The van der Waals surface area contributed by atoms with Gasteiger partial charge in [-0.2, -0.15) is 0 Å². The van der Waals surface area contributed by atoms with Gasteiger partial charge in [0, 0.05) is 12.6 Å². The second kappa shape index (κ2) is 5.42. The number of nitrogens with zero attached hydrogens (tertiary/aromatic N) is 1. The zero-order valence-corrected chi connectivity index (χ0v) is 9.78. The molecule has 2 aromatic rings. The van der Waals surface area contributed by atoms with Crippen molar-refractivity contribution in [1.82, 2.24) is 4.98 Å². The van der Waals surface area contributed by atoms with Crippen LogP contribution >= 0.6 is 0 Å². The van der Waals surface area contributed by atoms with E-state index in [2.05, 4.69) is 4.98 Å². The molecule has 4 heteroatoms. The van der Waals surface area contributed by atoms with Crippen LogP contribution in [0.3, 0.4) is 0 Å². The van der Waals surface area contributed by atoms with Gasteiger partial charge in [-0.1, -0.05) is 30.3 Å². The minimum absolute atomic E-state index is 0.142. The lowest BCUT2D eigenvalue weighted by Gasteiger charge is -2.09. The fraction of sp³-hybridized carbons (Fsp3) is 0.143. The van der Waals surface area contributed by atoms with Crippen molar-refractivity contribution < 1.29 is 9.90 Å². The number of ketones is 1. The summed E-state index contributed by atoms with van der Waals surface area (Å²) in [6.07, 6.45) is 0.593. The summed E-state index contributed by atoms with van der Waals surface area (Å²) in [7, 11) is 0. The van der Waals surface area contributed by atoms with Gasteiger partial charge in [-0.3, -0.25) is 4.79 Å². The van der Waals surface area contributed by atoms with E-state index in [1.807, 2.05) is 6.07 Å². The summed E-state index contributed by atoms with van der Waals surface area (Å²) in [5, 5.41) is 9.92. The van der Waals surface area contributed by atoms with Crippen molar-refractivity contribution >= 4 is 11.6 Å². The maximum absolute atomic E-state index is 11.9. The highest BCUT2D eigenvalue weighted by atomic mass is 16.3. The summed E-state index contributed by atoms with van der Waals surface area (Å²) in [6.45, 7) is 0. The van der Waals surface area contributed by atoms with Crippen molar-refractivity contribution in [1.29, 1.82) is 0 Å². The molecular formula is C14H14N2O2. The van der Waals surface area contributed by atoms with Gasteiger partial charge in [0.25, 0.3) is 0 Å². The molecule has 0 amide bonds. The van der Waals surface area contributed by atoms with Gasteiger partial charge in [-0.05, 0) is 23.3 Å². The molecule has 4 nitrogen and oxygen atoms in total. The lowest BCUT2D eigenvalue weighted by Crippen LogP contribution is -2.14. The Hall–Kier alpha value is -2.20. The number of nitrogens with two attached hydrogens (primary N) is 1. The third kappa shape index (κ3) is 2.93. The number of aliphatic hydroxyl groups excluding tert-OH is 1. The molecule has 92 valence electrons. The van der Waals surface area contributed by atoms with E-state index < -0.39 is 6.10 Å². The summed E-state index contributed by atoms with van der Waals surface area (Å²) < 4.78 is 0. The van der Waals surface area contributed by atoms with Crippen LogP contribution in [-0.2, 0) is 11.2 Å². The van der Waals surface area contributed by atoms with Crippen LogP contribution < -0.4 is 5.73 Å². The SMILES string of the molecule is Nc1cc(CC(=O)C(O)c2ccccc2)ccn1. The van der Waals surface area contributed by atoms with Crippen LogP contribution in [0, 0.1) is 0 Å². The number of benzene rings is 1. The van der Waals surface area contributed by atoms with E-state index in [1.54, 1.807) is 42.6 Å². The van der Waals surface area contributed by atoms with E-state index in [0.29, 0.717) is 11.4 Å². The maximum Gasteiger partial charge on any atom is 0.170 e. The molecule has 3 N–H and O–H groups in total. The molecule has 18 heavy (non-hydrogen) atoms. The molecule has 1 aromatic carbocycles. The lowest BCUT2D eigenvalue weighted by molar-refractivity contribution is -0.126. The molecule has 0 aliphatic heterocycles. The predicted octanol–water partition coefficient (Wildman–Crippen LogP) is 1.51. The Morgan fingerprint density at radius 2 is 2.00 bits per heavy atom. The third-order valence-corrected chi connectivity index (χ3v) is 2.64. The van der Waals surface area contributed by atoms with Crippen LogP contribution in [0.15, 0.2) is 48.7 Å².